The molecule has 6 nitrogen and oxygen atoms in total. The first-order valence-corrected chi connectivity index (χ1v) is 9.96. The molecule has 0 radical (unpaired) electrons. The minimum Gasteiger partial charge on any atom is -0.497 e. The molecular formula is C25H22O6. The van der Waals surface area contributed by atoms with E-state index in [9.17, 15) is 9.59 Å². The van der Waals surface area contributed by atoms with Gasteiger partial charge in [0.1, 0.15) is 17.1 Å². The van der Waals surface area contributed by atoms with Crippen molar-refractivity contribution in [2.45, 2.75) is 20.0 Å². The first-order valence-electron chi connectivity index (χ1n) is 9.96. The molecule has 0 aliphatic rings. The van der Waals surface area contributed by atoms with E-state index in [0.717, 1.165) is 10.8 Å². The highest BCUT2D eigenvalue weighted by molar-refractivity contribution is 6.06. The third kappa shape index (κ3) is 3.84. The van der Waals surface area contributed by atoms with Gasteiger partial charge in [-0.05, 0) is 44.2 Å². The minimum atomic E-state index is -0.936. The first kappa shape index (κ1) is 20.5. The average Bonchev–Trinajstić information content (AvgIpc) is 2.79. The summed E-state index contributed by atoms with van der Waals surface area (Å²) in [5.74, 6) is 0.529. The molecule has 6 heteroatoms. The number of benzene rings is 3. The second kappa shape index (κ2) is 8.52. The highest BCUT2D eigenvalue weighted by atomic mass is 16.6. The summed E-state index contributed by atoms with van der Waals surface area (Å²) in [6.45, 7) is 3.78. The third-order valence-electron chi connectivity index (χ3n) is 5.14. The summed E-state index contributed by atoms with van der Waals surface area (Å²) in [5.41, 5.74) is 1.24. The van der Waals surface area contributed by atoms with Crippen molar-refractivity contribution in [3.8, 4) is 11.5 Å². The Balaban J connectivity index is 1.82. The maximum absolute atomic E-state index is 12.6. The summed E-state index contributed by atoms with van der Waals surface area (Å²) in [7, 11) is 1.55. The van der Waals surface area contributed by atoms with Crippen LogP contribution in [0.5, 0.6) is 11.5 Å². The first-order chi connectivity index (χ1) is 15.0. The van der Waals surface area contributed by atoms with Crippen LogP contribution in [0.15, 0.2) is 69.9 Å². The van der Waals surface area contributed by atoms with Crippen LogP contribution in [0.3, 0.4) is 0 Å². The van der Waals surface area contributed by atoms with Crippen molar-refractivity contribution in [2.24, 2.45) is 0 Å². The lowest BCUT2D eigenvalue weighted by atomic mass is 10.0. The summed E-state index contributed by atoms with van der Waals surface area (Å²) in [5, 5.41) is 1.97. The van der Waals surface area contributed by atoms with E-state index < -0.39 is 17.7 Å². The molecule has 4 aromatic rings. The van der Waals surface area contributed by atoms with Gasteiger partial charge in [-0.3, -0.25) is 0 Å². The minimum absolute atomic E-state index is 0.243. The van der Waals surface area contributed by atoms with Crippen LogP contribution in [0.1, 0.15) is 24.2 Å². The normalized spacial score (nSPS) is 12.0. The molecule has 0 bridgehead atoms. The van der Waals surface area contributed by atoms with E-state index in [1.807, 2.05) is 30.3 Å². The van der Waals surface area contributed by atoms with Gasteiger partial charge < -0.3 is 18.6 Å². The largest absolute Gasteiger partial charge is 0.497 e. The van der Waals surface area contributed by atoms with Gasteiger partial charge >= 0.3 is 11.6 Å². The molecule has 0 aliphatic heterocycles. The molecule has 1 atom stereocenters. The molecule has 0 saturated carbocycles. The Bertz CT molecular complexity index is 1310. The average molecular weight is 418 g/mol. The maximum atomic E-state index is 12.6. The Morgan fingerprint density at radius 1 is 1.00 bits per heavy atom. The maximum Gasteiger partial charge on any atom is 0.352 e. The monoisotopic (exact) mass is 418 g/mol. The zero-order chi connectivity index (χ0) is 22.0. The zero-order valence-electron chi connectivity index (χ0n) is 17.5. The summed E-state index contributed by atoms with van der Waals surface area (Å²) < 4.78 is 22.1. The Morgan fingerprint density at radius 3 is 2.45 bits per heavy atom. The molecule has 1 heterocycles. The SMILES string of the molecule is CCOC(=O)C(Oc1ccc2c(oc(=O)c3cc(OC)ccc32)c1C)c1ccccc1. The number of ether oxygens (including phenoxy) is 3. The predicted molar refractivity (Wildman–Crippen MR) is 118 cm³/mol. The molecular weight excluding hydrogens is 396 g/mol. The fraction of sp³-hybridized carbons (Fsp3) is 0.200. The molecule has 0 N–H and O–H groups in total. The van der Waals surface area contributed by atoms with Crippen molar-refractivity contribution < 1.29 is 23.4 Å². The van der Waals surface area contributed by atoms with Gasteiger partial charge in [-0.15, -0.1) is 0 Å². The van der Waals surface area contributed by atoms with Gasteiger partial charge in [-0.2, -0.15) is 0 Å². The number of rotatable bonds is 6. The molecule has 0 amide bonds. The quantitative estimate of drug-likeness (QED) is 0.251. The lowest BCUT2D eigenvalue weighted by Gasteiger charge is -2.20. The fourth-order valence-corrected chi connectivity index (χ4v) is 3.57. The molecule has 0 fully saturated rings. The number of aryl methyl sites for hydroxylation is 1. The van der Waals surface area contributed by atoms with Crippen molar-refractivity contribution >= 4 is 27.7 Å². The van der Waals surface area contributed by atoms with Crippen molar-refractivity contribution in [1.29, 1.82) is 0 Å². The molecule has 0 saturated heterocycles. The lowest BCUT2D eigenvalue weighted by Crippen LogP contribution is -2.21. The zero-order valence-corrected chi connectivity index (χ0v) is 17.5. The number of carbonyl (C=O) groups is 1. The second-order valence-corrected chi connectivity index (χ2v) is 7.03. The van der Waals surface area contributed by atoms with Crippen LogP contribution >= 0.6 is 0 Å². The highest BCUT2D eigenvalue weighted by Gasteiger charge is 2.25. The number of methoxy groups -OCH3 is 1. The van der Waals surface area contributed by atoms with Crippen LogP contribution in [0.4, 0.5) is 0 Å². The summed E-state index contributed by atoms with van der Waals surface area (Å²) in [4.78, 5) is 25.2. The molecule has 1 aromatic heterocycles. The van der Waals surface area contributed by atoms with Crippen LogP contribution < -0.4 is 15.1 Å². The molecule has 0 aliphatic carbocycles. The Kier molecular flexibility index (Phi) is 5.62. The van der Waals surface area contributed by atoms with Gasteiger partial charge in [0.05, 0.1) is 19.1 Å². The van der Waals surface area contributed by atoms with Gasteiger partial charge in [-0.1, -0.05) is 30.3 Å². The standard InChI is InChI=1S/C25H22O6/c1-4-29-25(27)23(16-8-6-5-7-9-16)30-21-13-12-19-18-11-10-17(28-3)14-20(18)24(26)31-22(19)15(21)2/h5-14,23H,4H2,1-3H3. The molecule has 1 unspecified atom stereocenters. The molecule has 0 spiro atoms. The van der Waals surface area contributed by atoms with E-state index in [1.54, 1.807) is 51.3 Å². The van der Waals surface area contributed by atoms with Crippen molar-refractivity contribution in [3.05, 3.63) is 82.2 Å². The van der Waals surface area contributed by atoms with E-state index in [1.165, 1.54) is 0 Å². The Morgan fingerprint density at radius 2 is 1.74 bits per heavy atom. The van der Waals surface area contributed by atoms with Crippen molar-refractivity contribution in [2.75, 3.05) is 13.7 Å². The topological polar surface area (TPSA) is 75.0 Å². The van der Waals surface area contributed by atoms with E-state index in [-0.39, 0.29) is 6.61 Å². The summed E-state index contributed by atoms with van der Waals surface area (Å²) in [6, 6.07) is 18.0. The van der Waals surface area contributed by atoms with Gasteiger partial charge in [0, 0.05) is 21.9 Å². The van der Waals surface area contributed by atoms with Gasteiger partial charge in [0.2, 0.25) is 6.10 Å². The molecule has 3 aromatic carbocycles. The van der Waals surface area contributed by atoms with Crippen molar-refractivity contribution in [3.63, 3.8) is 0 Å². The fourth-order valence-electron chi connectivity index (χ4n) is 3.57. The van der Waals surface area contributed by atoms with E-state index >= 15 is 0 Å². The number of carbonyl (C=O) groups excluding carboxylic acids is 1. The predicted octanol–water partition coefficient (Wildman–Crippen LogP) is 4.95. The van der Waals surface area contributed by atoms with Crippen LogP contribution in [-0.2, 0) is 9.53 Å². The highest BCUT2D eigenvalue weighted by Crippen LogP contribution is 2.34. The third-order valence-corrected chi connectivity index (χ3v) is 5.14. The molecule has 4 rings (SSSR count). The smallest absolute Gasteiger partial charge is 0.352 e. The van der Waals surface area contributed by atoms with E-state index in [2.05, 4.69) is 0 Å². The van der Waals surface area contributed by atoms with Gasteiger partial charge in [0.25, 0.3) is 0 Å². The van der Waals surface area contributed by atoms with Gasteiger partial charge in [-0.25, -0.2) is 9.59 Å². The molecule has 158 valence electrons. The second-order valence-electron chi connectivity index (χ2n) is 7.03. The Hall–Kier alpha value is -3.80. The molecule has 31 heavy (non-hydrogen) atoms. The summed E-state index contributed by atoms with van der Waals surface area (Å²) in [6.07, 6.45) is -0.936. The van der Waals surface area contributed by atoms with E-state index in [0.29, 0.717) is 33.6 Å². The number of fused-ring (bicyclic) bond motifs is 3. The van der Waals surface area contributed by atoms with Crippen LogP contribution in [-0.4, -0.2) is 19.7 Å². The van der Waals surface area contributed by atoms with Crippen LogP contribution in [0.25, 0.3) is 21.7 Å². The van der Waals surface area contributed by atoms with Gasteiger partial charge in [0.15, 0.2) is 0 Å². The van der Waals surface area contributed by atoms with Crippen LogP contribution in [0, 0.1) is 6.92 Å². The van der Waals surface area contributed by atoms with Crippen molar-refractivity contribution in [1.82, 2.24) is 0 Å². The Labute approximate surface area is 179 Å². The van der Waals surface area contributed by atoms with E-state index in [4.69, 9.17) is 18.6 Å². The number of hydrogen-bond acceptors (Lipinski definition) is 6. The summed E-state index contributed by atoms with van der Waals surface area (Å²) >= 11 is 0. The lowest BCUT2D eigenvalue weighted by molar-refractivity contribution is -0.151. The number of hydrogen-bond donors (Lipinski definition) is 0. The van der Waals surface area contributed by atoms with Crippen LogP contribution in [0.2, 0.25) is 0 Å². The number of esters is 1.